The van der Waals surface area contributed by atoms with Crippen LogP contribution in [0.3, 0.4) is 0 Å². The maximum Gasteiger partial charge on any atom is 0.261 e. The zero-order valence-corrected chi connectivity index (χ0v) is 14.3. The lowest BCUT2D eigenvalue weighted by molar-refractivity contribution is 0.0693. The molecule has 0 bridgehead atoms. The Morgan fingerprint density at radius 2 is 1.76 bits per heavy atom. The number of imide groups is 1. The van der Waals surface area contributed by atoms with Gasteiger partial charge in [0.1, 0.15) is 5.82 Å². The molecule has 1 aromatic carbocycles. The lowest BCUT2D eigenvalue weighted by Gasteiger charge is -2.10. The number of hydrogen-bond acceptors (Lipinski definition) is 5. The molecule has 2 amide bonds. The van der Waals surface area contributed by atoms with E-state index in [9.17, 15) is 9.59 Å². The van der Waals surface area contributed by atoms with Crippen molar-refractivity contribution in [1.29, 1.82) is 0 Å². The van der Waals surface area contributed by atoms with Gasteiger partial charge in [-0.3, -0.25) is 14.5 Å². The molecule has 126 valence electrons. The van der Waals surface area contributed by atoms with E-state index in [4.69, 9.17) is 4.74 Å². The predicted molar refractivity (Wildman–Crippen MR) is 91.7 cm³/mol. The number of nitrogens with zero attached hydrogens (tertiary/aromatic N) is 4. The minimum atomic E-state index is -0.302. The number of carbonyl (C=O) groups is 2. The van der Waals surface area contributed by atoms with Crippen LogP contribution in [-0.2, 0) is 7.05 Å². The fraction of sp³-hybridized carbons (Fsp3) is 0.222. The third-order valence-electron chi connectivity index (χ3n) is 4.63. The first-order valence-corrected chi connectivity index (χ1v) is 7.77. The number of hydrogen-bond donors (Lipinski definition) is 0. The number of ether oxygens (including phenoxy) is 1. The van der Waals surface area contributed by atoms with Gasteiger partial charge in [-0.05, 0) is 30.7 Å². The van der Waals surface area contributed by atoms with E-state index < -0.39 is 0 Å². The zero-order valence-electron chi connectivity index (χ0n) is 14.3. The monoisotopic (exact) mass is 336 g/mol. The summed E-state index contributed by atoms with van der Waals surface area (Å²) >= 11 is 0. The van der Waals surface area contributed by atoms with Crippen LogP contribution in [0.25, 0.3) is 22.4 Å². The van der Waals surface area contributed by atoms with Gasteiger partial charge in [0.2, 0.25) is 5.88 Å². The van der Waals surface area contributed by atoms with Crippen molar-refractivity contribution in [2.75, 3.05) is 14.2 Å². The van der Waals surface area contributed by atoms with Crippen LogP contribution in [0.2, 0.25) is 0 Å². The van der Waals surface area contributed by atoms with Gasteiger partial charge in [-0.1, -0.05) is 0 Å². The summed E-state index contributed by atoms with van der Waals surface area (Å²) in [7, 11) is 4.92. The van der Waals surface area contributed by atoms with E-state index in [2.05, 4.69) is 9.97 Å². The molecule has 2 aromatic heterocycles. The molecule has 1 aliphatic heterocycles. The highest BCUT2D eigenvalue weighted by Gasteiger charge is 2.34. The summed E-state index contributed by atoms with van der Waals surface area (Å²) in [6.07, 6.45) is 1.68. The number of benzene rings is 1. The van der Waals surface area contributed by atoms with Gasteiger partial charge in [0.25, 0.3) is 11.8 Å². The lowest BCUT2D eigenvalue weighted by atomic mass is 10.1. The number of fused-ring (bicyclic) bond motifs is 2. The average molecular weight is 336 g/mol. The van der Waals surface area contributed by atoms with Crippen LogP contribution in [0.5, 0.6) is 5.88 Å². The number of imidazole rings is 1. The Kier molecular flexibility index (Phi) is 3.15. The maximum atomic E-state index is 12.2. The standard InChI is InChI=1S/C18H16N4O3/c1-9-5-6-19-16(25-4)14(9)15-20-12-7-10-11(8-13(12)21(15)2)18(24)22(3)17(10)23/h5-8H,1-4H3. The molecule has 4 rings (SSSR count). The molecule has 0 radical (unpaired) electrons. The number of rotatable bonds is 2. The molecule has 0 aliphatic carbocycles. The van der Waals surface area contributed by atoms with E-state index >= 15 is 0 Å². The molecule has 0 N–H and O–H groups in total. The second-order valence-electron chi connectivity index (χ2n) is 6.06. The van der Waals surface area contributed by atoms with Crippen molar-refractivity contribution in [3.63, 3.8) is 0 Å². The van der Waals surface area contributed by atoms with Crippen molar-refractivity contribution in [2.24, 2.45) is 7.05 Å². The molecule has 1 aliphatic rings. The van der Waals surface area contributed by atoms with Gasteiger partial charge < -0.3 is 9.30 Å². The number of aryl methyl sites for hydroxylation is 2. The third kappa shape index (κ3) is 1.98. The number of pyridine rings is 1. The summed E-state index contributed by atoms with van der Waals surface area (Å²) in [4.78, 5) is 34.5. The van der Waals surface area contributed by atoms with Crippen molar-refractivity contribution < 1.29 is 14.3 Å². The second-order valence-corrected chi connectivity index (χ2v) is 6.06. The van der Waals surface area contributed by atoms with Gasteiger partial charge >= 0.3 is 0 Å². The van der Waals surface area contributed by atoms with Gasteiger partial charge in [-0.15, -0.1) is 0 Å². The Morgan fingerprint density at radius 1 is 1.08 bits per heavy atom. The predicted octanol–water partition coefficient (Wildman–Crippen LogP) is 2.18. The normalized spacial score (nSPS) is 13.7. The highest BCUT2D eigenvalue weighted by atomic mass is 16.5. The van der Waals surface area contributed by atoms with Gasteiger partial charge in [0, 0.05) is 20.3 Å². The second kappa shape index (κ2) is 5.14. The van der Waals surface area contributed by atoms with Crippen LogP contribution in [0.15, 0.2) is 24.4 Å². The van der Waals surface area contributed by atoms with Crippen LogP contribution in [0.4, 0.5) is 0 Å². The van der Waals surface area contributed by atoms with Gasteiger partial charge in [0.15, 0.2) is 0 Å². The van der Waals surface area contributed by atoms with Crippen molar-refractivity contribution in [1.82, 2.24) is 19.4 Å². The number of methoxy groups -OCH3 is 1. The molecule has 7 nitrogen and oxygen atoms in total. The molecule has 0 spiro atoms. The quantitative estimate of drug-likeness (QED) is 0.670. The molecule has 0 saturated carbocycles. The van der Waals surface area contributed by atoms with Crippen molar-refractivity contribution >= 4 is 22.8 Å². The molecular weight excluding hydrogens is 320 g/mol. The van der Waals surface area contributed by atoms with Crippen LogP contribution >= 0.6 is 0 Å². The molecule has 0 unspecified atom stereocenters. The van der Waals surface area contributed by atoms with E-state index in [1.807, 2.05) is 24.6 Å². The first kappa shape index (κ1) is 15.3. The van der Waals surface area contributed by atoms with E-state index in [1.54, 1.807) is 25.4 Å². The summed E-state index contributed by atoms with van der Waals surface area (Å²) in [6.45, 7) is 1.96. The van der Waals surface area contributed by atoms with Crippen LogP contribution < -0.4 is 4.74 Å². The molecule has 0 saturated heterocycles. The molecule has 7 heteroatoms. The number of carbonyl (C=O) groups excluding carboxylic acids is 2. The summed E-state index contributed by atoms with van der Waals surface area (Å²) in [6, 6.07) is 5.29. The summed E-state index contributed by atoms with van der Waals surface area (Å²) in [5.41, 5.74) is 3.99. The average Bonchev–Trinajstić information content (AvgIpc) is 3.03. The minimum absolute atomic E-state index is 0.292. The summed E-state index contributed by atoms with van der Waals surface area (Å²) in [5.74, 6) is 0.566. The Labute approximate surface area is 143 Å². The topological polar surface area (TPSA) is 77.3 Å². The SMILES string of the molecule is COc1nccc(C)c1-c1nc2cc3c(cc2n1C)C(=O)N(C)C3=O. The number of aromatic nitrogens is 3. The highest BCUT2D eigenvalue weighted by Crippen LogP contribution is 2.34. The molecule has 3 heterocycles. The van der Waals surface area contributed by atoms with Gasteiger partial charge in [-0.2, -0.15) is 0 Å². The van der Waals surface area contributed by atoms with Crippen LogP contribution in [-0.4, -0.2) is 45.4 Å². The van der Waals surface area contributed by atoms with Crippen LogP contribution in [0.1, 0.15) is 26.3 Å². The smallest absolute Gasteiger partial charge is 0.261 e. The summed E-state index contributed by atoms with van der Waals surface area (Å²) in [5, 5.41) is 0. The Morgan fingerprint density at radius 3 is 2.44 bits per heavy atom. The van der Waals surface area contributed by atoms with E-state index in [0.29, 0.717) is 28.3 Å². The zero-order chi connectivity index (χ0) is 17.9. The third-order valence-corrected chi connectivity index (χ3v) is 4.63. The minimum Gasteiger partial charge on any atom is -0.480 e. The van der Waals surface area contributed by atoms with Crippen molar-refractivity contribution in [2.45, 2.75) is 6.92 Å². The molecule has 25 heavy (non-hydrogen) atoms. The Bertz CT molecular complexity index is 1070. The van der Waals surface area contributed by atoms with Crippen LogP contribution in [0, 0.1) is 6.92 Å². The largest absolute Gasteiger partial charge is 0.480 e. The Hall–Kier alpha value is -3.22. The fourth-order valence-electron chi connectivity index (χ4n) is 3.23. The highest BCUT2D eigenvalue weighted by molar-refractivity contribution is 6.22. The lowest BCUT2D eigenvalue weighted by Crippen LogP contribution is -2.24. The first-order chi connectivity index (χ1) is 11.9. The molecule has 0 fully saturated rings. The van der Waals surface area contributed by atoms with Gasteiger partial charge in [-0.25, -0.2) is 9.97 Å². The molecule has 3 aromatic rings. The Balaban J connectivity index is 2.00. The first-order valence-electron chi connectivity index (χ1n) is 7.77. The van der Waals surface area contributed by atoms with Crippen molar-refractivity contribution in [3.05, 3.63) is 41.1 Å². The molecule has 0 atom stereocenters. The number of amides is 2. The maximum absolute atomic E-state index is 12.2. The van der Waals surface area contributed by atoms with E-state index in [1.165, 1.54) is 7.05 Å². The fourth-order valence-corrected chi connectivity index (χ4v) is 3.23. The molecular formula is C18H16N4O3. The summed E-state index contributed by atoms with van der Waals surface area (Å²) < 4.78 is 7.27. The van der Waals surface area contributed by atoms with Gasteiger partial charge in [0.05, 0.1) is 34.8 Å². The van der Waals surface area contributed by atoms with E-state index in [0.717, 1.165) is 21.5 Å². The van der Waals surface area contributed by atoms with E-state index in [-0.39, 0.29) is 11.8 Å². The van der Waals surface area contributed by atoms with Crippen molar-refractivity contribution in [3.8, 4) is 17.3 Å².